The van der Waals surface area contributed by atoms with Crippen LogP contribution in [0.4, 0.5) is 0 Å². The number of piperazine rings is 1. The van der Waals surface area contributed by atoms with E-state index >= 15 is 0 Å². The van der Waals surface area contributed by atoms with Gasteiger partial charge in [-0.15, -0.1) is 0 Å². The molecule has 1 aromatic rings. The fraction of sp³-hybridized carbons (Fsp3) is 0.609. The number of piperidine rings is 1. The first-order chi connectivity index (χ1) is 14.4. The molecular weight excluding hydrogens is 378 g/mol. The molecular formula is C23H35N5O2. The van der Waals surface area contributed by atoms with Gasteiger partial charge in [0.1, 0.15) is 0 Å². The molecule has 0 saturated carbocycles. The highest BCUT2D eigenvalue weighted by atomic mass is 16.2. The molecule has 0 radical (unpaired) electrons. The first-order valence-corrected chi connectivity index (χ1v) is 11.0. The molecule has 1 aromatic carbocycles. The number of carbonyl (C=O) groups is 2. The zero-order valence-corrected chi connectivity index (χ0v) is 18.5. The van der Waals surface area contributed by atoms with Crippen LogP contribution in [0.15, 0.2) is 29.3 Å². The minimum Gasteiger partial charge on any atom is -0.353 e. The number of amides is 2. The van der Waals surface area contributed by atoms with Gasteiger partial charge >= 0.3 is 0 Å². The van der Waals surface area contributed by atoms with Crippen molar-refractivity contribution in [3.8, 4) is 0 Å². The Kier molecular flexibility index (Phi) is 7.34. The van der Waals surface area contributed by atoms with E-state index in [-0.39, 0.29) is 18.4 Å². The first kappa shape index (κ1) is 22.1. The van der Waals surface area contributed by atoms with E-state index < -0.39 is 0 Å². The number of hydrogen-bond donors (Lipinski definition) is 2. The third-order valence-electron chi connectivity index (χ3n) is 6.12. The summed E-state index contributed by atoms with van der Waals surface area (Å²) >= 11 is 0. The molecule has 7 heteroatoms. The van der Waals surface area contributed by atoms with Crippen molar-refractivity contribution in [2.75, 3.05) is 39.8 Å². The smallest absolute Gasteiger partial charge is 0.254 e. The second-order valence-electron chi connectivity index (χ2n) is 8.76. The van der Waals surface area contributed by atoms with Gasteiger partial charge in [0, 0.05) is 45.3 Å². The molecule has 1 unspecified atom stereocenters. The van der Waals surface area contributed by atoms with Gasteiger partial charge in [-0.25, -0.2) is 0 Å². The summed E-state index contributed by atoms with van der Waals surface area (Å²) in [6.45, 7) is 8.58. The monoisotopic (exact) mass is 413 g/mol. The zero-order chi connectivity index (χ0) is 21.6. The highest BCUT2D eigenvalue weighted by Crippen LogP contribution is 2.33. The Morgan fingerprint density at radius 1 is 1.23 bits per heavy atom. The Balaban J connectivity index is 1.56. The van der Waals surface area contributed by atoms with E-state index in [1.165, 1.54) is 25.7 Å². The number of aliphatic imine (C=N–C) groups is 1. The summed E-state index contributed by atoms with van der Waals surface area (Å²) in [5.74, 6) is 0.745. The number of likely N-dealkylation sites (tertiary alicyclic amines) is 1. The van der Waals surface area contributed by atoms with Crippen LogP contribution < -0.4 is 10.6 Å². The van der Waals surface area contributed by atoms with Crippen LogP contribution in [0.2, 0.25) is 0 Å². The minimum absolute atomic E-state index is 0.0938. The van der Waals surface area contributed by atoms with Crippen molar-refractivity contribution in [3.05, 3.63) is 35.4 Å². The van der Waals surface area contributed by atoms with Crippen molar-refractivity contribution in [1.82, 2.24) is 20.4 Å². The van der Waals surface area contributed by atoms with Gasteiger partial charge in [-0.3, -0.25) is 14.6 Å². The van der Waals surface area contributed by atoms with Gasteiger partial charge in [0.25, 0.3) is 5.91 Å². The van der Waals surface area contributed by atoms with Crippen LogP contribution in [0.1, 0.15) is 55.5 Å². The third kappa shape index (κ3) is 5.52. The fourth-order valence-electron chi connectivity index (χ4n) is 4.58. The molecule has 3 rings (SSSR count). The summed E-state index contributed by atoms with van der Waals surface area (Å²) in [5, 5.41) is 6.22. The topological polar surface area (TPSA) is 77.0 Å². The van der Waals surface area contributed by atoms with Crippen molar-refractivity contribution in [2.45, 2.75) is 46.1 Å². The Hall–Kier alpha value is -2.57. The highest BCUT2D eigenvalue weighted by Gasteiger charge is 2.31. The standard InChI is InChI=1S/C23H35N5O2/c1-4-10-23(2)11-5-13-28(17-23)22(24-3)26-15-18-6-8-19(9-7-18)21(30)27-14-12-25-20(29)16-27/h6-9H,4-5,10-17H2,1-3H3,(H,24,26)(H,25,29). The van der Waals surface area contributed by atoms with Crippen LogP contribution in [0.3, 0.4) is 0 Å². The number of guanidine groups is 1. The summed E-state index contributed by atoms with van der Waals surface area (Å²) in [6.07, 6.45) is 4.93. The number of nitrogens with zero attached hydrogens (tertiary/aromatic N) is 3. The van der Waals surface area contributed by atoms with E-state index in [1.807, 2.05) is 31.3 Å². The predicted molar refractivity (Wildman–Crippen MR) is 119 cm³/mol. The molecule has 2 aliphatic heterocycles. The Morgan fingerprint density at radius 2 is 2.00 bits per heavy atom. The van der Waals surface area contributed by atoms with Gasteiger partial charge in [0.2, 0.25) is 5.91 Å². The van der Waals surface area contributed by atoms with E-state index in [0.717, 1.165) is 24.6 Å². The van der Waals surface area contributed by atoms with Crippen LogP contribution in [0, 0.1) is 5.41 Å². The molecule has 2 aliphatic rings. The maximum Gasteiger partial charge on any atom is 0.254 e. The van der Waals surface area contributed by atoms with E-state index in [1.54, 1.807) is 4.90 Å². The van der Waals surface area contributed by atoms with Crippen LogP contribution >= 0.6 is 0 Å². The van der Waals surface area contributed by atoms with E-state index in [0.29, 0.717) is 30.6 Å². The number of rotatable bonds is 5. The molecule has 0 aromatic heterocycles. The Morgan fingerprint density at radius 3 is 2.67 bits per heavy atom. The second-order valence-corrected chi connectivity index (χ2v) is 8.76. The predicted octanol–water partition coefficient (Wildman–Crippen LogP) is 2.24. The molecule has 2 amide bonds. The average Bonchev–Trinajstić information content (AvgIpc) is 2.74. The summed E-state index contributed by atoms with van der Waals surface area (Å²) < 4.78 is 0. The molecule has 164 valence electrons. The fourth-order valence-corrected chi connectivity index (χ4v) is 4.58. The zero-order valence-electron chi connectivity index (χ0n) is 18.5. The van der Waals surface area contributed by atoms with Crippen molar-refractivity contribution >= 4 is 17.8 Å². The number of nitrogens with one attached hydrogen (secondary N) is 2. The Bertz CT molecular complexity index is 772. The van der Waals surface area contributed by atoms with Gasteiger partial charge in [0.05, 0.1) is 6.54 Å². The van der Waals surface area contributed by atoms with E-state index in [4.69, 9.17) is 0 Å². The van der Waals surface area contributed by atoms with Gasteiger partial charge in [-0.05, 0) is 42.4 Å². The molecule has 0 spiro atoms. The largest absolute Gasteiger partial charge is 0.353 e. The van der Waals surface area contributed by atoms with Crippen LogP contribution in [-0.4, -0.2) is 67.3 Å². The number of benzene rings is 1. The van der Waals surface area contributed by atoms with Crippen molar-refractivity contribution < 1.29 is 9.59 Å². The van der Waals surface area contributed by atoms with Crippen molar-refractivity contribution in [1.29, 1.82) is 0 Å². The maximum atomic E-state index is 12.6. The molecule has 2 N–H and O–H groups in total. The quantitative estimate of drug-likeness (QED) is 0.573. The normalized spacial score (nSPS) is 22.6. The first-order valence-electron chi connectivity index (χ1n) is 11.0. The minimum atomic E-state index is -0.102. The van der Waals surface area contributed by atoms with Crippen LogP contribution in [0.5, 0.6) is 0 Å². The highest BCUT2D eigenvalue weighted by molar-refractivity contribution is 5.97. The van der Waals surface area contributed by atoms with Crippen LogP contribution in [-0.2, 0) is 11.3 Å². The third-order valence-corrected chi connectivity index (χ3v) is 6.12. The lowest BCUT2D eigenvalue weighted by molar-refractivity contribution is -0.123. The molecule has 7 nitrogen and oxygen atoms in total. The van der Waals surface area contributed by atoms with E-state index in [2.05, 4.69) is 34.4 Å². The molecule has 1 atom stereocenters. The summed E-state index contributed by atoms with van der Waals surface area (Å²) in [5.41, 5.74) is 2.07. The summed E-state index contributed by atoms with van der Waals surface area (Å²) in [4.78, 5) is 32.6. The molecule has 2 fully saturated rings. The molecule has 2 heterocycles. The lowest BCUT2D eigenvalue weighted by atomic mass is 9.78. The van der Waals surface area contributed by atoms with Gasteiger partial charge in [-0.1, -0.05) is 32.4 Å². The summed E-state index contributed by atoms with van der Waals surface area (Å²) in [6, 6.07) is 7.62. The SMILES string of the molecule is CCCC1(C)CCCN(C(=NC)NCc2ccc(C(=O)N3CCNC(=O)C3)cc2)C1. The van der Waals surface area contributed by atoms with Crippen molar-refractivity contribution in [3.63, 3.8) is 0 Å². The molecule has 0 aliphatic carbocycles. The molecule has 30 heavy (non-hydrogen) atoms. The maximum absolute atomic E-state index is 12.6. The van der Waals surface area contributed by atoms with Crippen molar-refractivity contribution in [2.24, 2.45) is 10.4 Å². The van der Waals surface area contributed by atoms with Crippen LogP contribution in [0.25, 0.3) is 0 Å². The van der Waals surface area contributed by atoms with Gasteiger partial charge in [0.15, 0.2) is 5.96 Å². The van der Waals surface area contributed by atoms with Gasteiger partial charge in [-0.2, -0.15) is 0 Å². The number of hydrogen-bond acceptors (Lipinski definition) is 3. The summed E-state index contributed by atoms with van der Waals surface area (Å²) in [7, 11) is 1.84. The lowest BCUT2D eigenvalue weighted by Crippen LogP contribution is -2.50. The number of carbonyl (C=O) groups excluding carboxylic acids is 2. The van der Waals surface area contributed by atoms with E-state index in [9.17, 15) is 9.59 Å². The lowest BCUT2D eigenvalue weighted by Gasteiger charge is -2.42. The second kappa shape index (κ2) is 9.96. The van der Waals surface area contributed by atoms with Gasteiger partial charge < -0.3 is 20.4 Å². The Labute approximate surface area is 179 Å². The average molecular weight is 414 g/mol. The molecule has 0 bridgehead atoms. The molecule has 2 saturated heterocycles.